The molecule has 1 aromatic heterocycles. The van der Waals surface area contributed by atoms with Gasteiger partial charge >= 0.3 is 5.97 Å². The van der Waals surface area contributed by atoms with E-state index in [0.29, 0.717) is 5.19 Å². The van der Waals surface area contributed by atoms with E-state index in [0.717, 1.165) is 17.7 Å². The van der Waals surface area contributed by atoms with E-state index in [9.17, 15) is 4.79 Å². The van der Waals surface area contributed by atoms with Crippen LogP contribution in [0, 0.1) is 0 Å². The Morgan fingerprint density at radius 1 is 1.62 bits per heavy atom. The zero-order valence-corrected chi connectivity index (χ0v) is 10.0. The summed E-state index contributed by atoms with van der Waals surface area (Å²) in [5, 5.41) is 0.596. The third-order valence-electron chi connectivity index (χ3n) is 2.99. The number of rotatable bonds is 4. The van der Waals surface area contributed by atoms with Gasteiger partial charge in [0.1, 0.15) is 6.04 Å². The molecule has 1 fully saturated rings. The number of aromatic nitrogens is 1. The maximum atomic E-state index is 11.5. The Labute approximate surface area is 97.6 Å². The van der Waals surface area contributed by atoms with Gasteiger partial charge in [-0.05, 0) is 12.8 Å². The molecule has 16 heavy (non-hydrogen) atoms. The lowest BCUT2D eigenvalue weighted by molar-refractivity contribution is -0.143. The summed E-state index contributed by atoms with van der Waals surface area (Å²) in [5.41, 5.74) is 5.64. The lowest BCUT2D eigenvalue weighted by atomic mass is 9.96. The first-order valence-electron chi connectivity index (χ1n) is 4.98. The first kappa shape index (κ1) is 11.3. The molecule has 1 aliphatic rings. The number of hydrogen-bond acceptors (Lipinski definition) is 6. The highest BCUT2D eigenvalue weighted by Crippen LogP contribution is 2.53. The molecule has 1 aliphatic carbocycles. The van der Waals surface area contributed by atoms with Gasteiger partial charge in [-0.1, -0.05) is 11.3 Å². The maximum Gasteiger partial charge on any atom is 0.323 e. The van der Waals surface area contributed by atoms with Crippen LogP contribution in [0.5, 0.6) is 5.19 Å². The van der Waals surface area contributed by atoms with E-state index < -0.39 is 6.04 Å². The Morgan fingerprint density at radius 2 is 2.31 bits per heavy atom. The highest BCUT2D eigenvalue weighted by Gasteiger charge is 2.54. The van der Waals surface area contributed by atoms with Gasteiger partial charge in [0.2, 0.25) is 0 Å². The lowest BCUT2D eigenvalue weighted by Gasteiger charge is -2.18. The van der Waals surface area contributed by atoms with Crippen molar-refractivity contribution in [1.82, 2.24) is 4.98 Å². The average molecular weight is 242 g/mol. The van der Waals surface area contributed by atoms with Crippen molar-refractivity contribution in [2.45, 2.75) is 24.3 Å². The van der Waals surface area contributed by atoms with E-state index in [-0.39, 0.29) is 11.4 Å². The third-order valence-corrected chi connectivity index (χ3v) is 4.17. The molecule has 1 unspecified atom stereocenters. The molecule has 1 heterocycles. The molecular weight excluding hydrogens is 228 g/mol. The molecule has 1 atom stereocenters. The van der Waals surface area contributed by atoms with Crippen molar-refractivity contribution in [3.63, 3.8) is 0 Å². The fourth-order valence-corrected chi connectivity index (χ4v) is 2.80. The number of nitrogens with two attached hydrogens (primary N) is 1. The van der Waals surface area contributed by atoms with Gasteiger partial charge in [-0.3, -0.25) is 4.79 Å². The predicted molar refractivity (Wildman–Crippen MR) is 59.6 cm³/mol. The van der Waals surface area contributed by atoms with Gasteiger partial charge in [0.05, 0.1) is 14.2 Å². The zero-order valence-electron chi connectivity index (χ0n) is 9.23. The monoisotopic (exact) mass is 242 g/mol. The van der Waals surface area contributed by atoms with Crippen LogP contribution in [-0.4, -0.2) is 31.2 Å². The first-order chi connectivity index (χ1) is 7.64. The fraction of sp³-hybridized carbons (Fsp3) is 0.600. The smallest absolute Gasteiger partial charge is 0.323 e. The highest BCUT2D eigenvalue weighted by atomic mass is 32.1. The van der Waals surface area contributed by atoms with Crippen molar-refractivity contribution in [3.8, 4) is 5.19 Å². The van der Waals surface area contributed by atoms with Crippen LogP contribution in [0.15, 0.2) is 6.20 Å². The van der Waals surface area contributed by atoms with E-state index in [2.05, 4.69) is 9.72 Å². The summed E-state index contributed by atoms with van der Waals surface area (Å²) in [7, 11) is 2.92. The van der Waals surface area contributed by atoms with Gasteiger partial charge in [0.15, 0.2) is 0 Å². The van der Waals surface area contributed by atoms with Crippen LogP contribution in [0.3, 0.4) is 0 Å². The summed E-state index contributed by atoms with van der Waals surface area (Å²) in [6.07, 6.45) is 3.53. The molecule has 88 valence electrons. The van der Waals surface area contributed by atoms with Gasteiger partial charge in [0, 0.05) is 16.5 Å². The second-order valence-corrected chi connectivity index (χ2v) is 4.84. The summed E-state index contributed by atoms with van der Waals surface area (Å²) in [6, 6.07) is -0.609. The standard InChI is InChI=1S/C10H14N2O3S/c1-14-8(13)7(11)10(3-4-10)6-5-12-9(15-2)16-6/h5,7H,3-4,11H2,1-2H3. The number of thiazole rings is 1. The van der Waals surface area contributed by atoms with Crippen LogP contribution in [0.2, 0.25) is 0 Å². The topological polar surface area (TPSA) is 74.4 Å². The molecule has 6 heteroatoms. The normalized spacial score (nSPS) is 18.9. The van der Waals surface area contributed by atoms with Crippen LogP contribution in [0.25, 0.3) is 0 Å². The van der Waals surface area contributed by atoms with Crippen LogP contribution in [0.4, 0.5) is 0 Å². The summed E-state index contributed by atoms with van der Waals surface area (Å²) in [5.74, 6) is -0.370. The minimum Gasteiger partial charge on any atom is -0.473 e. The van der Waals surface area contributed by atoms with Crippen molar-refractivity contribution >= 4 is 17.3 Å². The number of methoxy groups -OCH3 is 2. The van der Waals surface area contributed by atoms with E-state index >= 15 is 0 Å². The number of carbonyl (C=O) groups is 1. The summed E-state index contributed by atoms with van der Waals surface area (Å²) < 4.78 is 9.72. The lowest BCUT2D eigenvalue weighted by Crippen LogP contribution is -2.42. The SMILES string of the molecule is COC(=O)C(N)C1(c2cnc(OC)s2)CC1. The van der Waals surface area contributed by atoms with Gasteiger partial charge in [-0.25, -0.2) is 4.98 Å². The Balaban J connectivity index is 2.22. The molecule has 2 rings (SSSR count). The van der Waals surface area contributed by atoms with Gasteiger partial charge in [0.25, 0.3) is 5.19 Å². The summed E-state index contributed by atoms with van der Waals surface area (Å²) in [4.78, 5) is 16.6. The van der Waals surface area contributed by atoms with E-state index in [1.54, 1.807) is 13.3 Å². The van der Waals surface area contributed by atoms with Crippen molar-refractivity contribution in [2.24, 2.45) is 5.73 Å². The Hall–Kier alpha value is -1.14. The molecule has 0 amide bonds. The predicted octanol–water partition coefficient (Wildman–Crippen LogP) is 0.684. The summed E-state index contributed by atoms with van der Waals surface area (Å²) in [6.45, 7) is 0. The minimum atomic E-state index is -0.609. The van der Waals surface area contributed by atoms with Crippen LogP contribution >= 0.6 is 11.3 Å². The van der Waals surface area contributed by atoms with Gasteiger partial charge in [-0.2, -0.15) is 0 Å². The molecule has 1 aromatic rings. The molecule has 1 saturated carbocycles. The number of esters is 1. The Bertz CT molecular complexity index is 401. The molecule has 0 aromatic carbocycles. The number of nitrogens with zero attached hydrogens (tertiary/aromatic N) is 1. The number of ether oxygens (including phenoxy) is 2. The molecule has 0 bridgehead atoms. The third kappa shape index (κ3) is 1.68. The Kier molecular flexibility index (Phi) is 2.86. The van der Waals surface area contributed by atoms with Crippen LogP contribution in [-0.2, 0) is 14.9 Å². The van der Waals surface area contributed by atoms with Crippen molar-refractivity contribution in [2.75, 3.05) is 14.2 Å². The Morgan fingerprint density at radius 3 is 2.75 bits per heavy atom. The van der Waals surface area contributed by atoms with Crippen molar-refractivity contribution in [3.05, 3.63) is 11.1 Å². The quantitative estimate of drug-likeness (QED) is 0.786. The fourth-order valence-electron chi connectivity index (χ4n) is 1.78. The van der Waals surface area contributed by atoms with Crippen LogP contribution < -0.4 is 10.5 Å². The highest BCUT2D eigenvalue weighted by molar-refractivity contribution is 7.13. The molecule has 0 saturated heterocycles. The minimum absolute atomic E-state index is 0.276. The summed E-state index contributed by atoms with van der Waals surface area (Å²) >= 11 is 1.44. The molecule has 0 radical (unpaired) electrons. The molecule has 5 nitrogen and oxygen atoms in total. The molecule has 0 spiro atoms. The van der Waals surface area contributed by atoms with Gasteiger partial charge in [-0.15, -0.1) is 0 Å². The number of hydrogen-bond donors (Lipinski definition) is 1. The van der Waals surface area contributed by atoms with Crippen molar-refractivity contribution in [1.29, 1.82) is 0 Å². The van der Waals surface area contributed by atoms with E-state index in [1.165, 1.54) is 18.4 Å². The first-order valence-corrected chi connectivity index (χ1v) is 5.79. The molecule has 0 aliphatic heterocycles. The average Bonchev–Trinajstić information content (AvgIpc) is 2.98. The van der Waals surface area contributed by atoms with E-state index in [4.69, 9.17) is 10.5 Å². The van der Waals surface area contributed by atoms with Crippen LogP contribution in [0.1, 0.15) is 17.7 Å². The largest absolute Gasteiger partial charge is 0.473 e. The zero-order chi connectivity index (χ0) is 11.8. The second-order valence-electron chi connectivity index (χ2n) is 3.85. The second kappa shape index (κ2) is 4.03. The van der Waals surface area contributed by atoms with E-state index in [1.807, 2.05) is 0 Å². The molecule has 2 N–H and O–H groups in total. The van der Waals surface area contributed by atoms with Gasteiger partial charge < -0.3 is 15.2 Å². The molecular formula is C10H14N2O3S. The number of carbonyl (C=O) groups excluding carboxylic acids is 1. The maximum absolute atomic E-state index is 11.5. The van der Waals surface area contributed by atoms with Crippen molar-refractivity contribution < 1.29 is 14.3 Å².